The number of hydrogen-bond acceptors (Lipinski definition) is 3. The van der Waals surface area contributed by atoms with Crippen molar-refractivity contribution in [3.8, 4) is 0 Å². The van der Waals surface area contributed by atoms with Crippen molar-refractivity contribution in [1.29, 1.82) is 0 Å². The Kier molecular flexibility index (Phi) is 4.43. The Morgan fingerprint density at radius 2 is 2.31 bits per heavy atom. The first-order valence-electron chi connectivity index (χ1n) is 4.40. The zero-order chi connectivity index (χ0) is 9.52. The molecule has 0 aliphatic carbocycles. The fraction of sp³-hybridized carbons (Fsp3) is 0.500. The van der Waals surface area contributed by atoms with Crippen molar-refractivity contribution >= 4 is 0 Å². The maximum atomic E-state index is 4.99. The molecule has 0 aliphatic rings. The van der Waals surface area contributed by atoms with E-state index in [9.17, 15) is 0 Å². The summed E-state index contributed by atoms with van der Waals surface area (Å²) < 4.78 is 4.99. The highest BCUT2D eigenvalue weighted by atomic mass is 16.5. The zero-order valence-corrected chi connectivity index (χ0v) is 8.23. The van der Waals surface area contributed by atoms with Gasteiger partial charge in [0.15, 0.2) is 0 Å². The van der Waals surface area contributed by atoms with E-state index in [1.807, 2.05) is 24.4 Å². The summed E-state index contributed by atoms with van der Waals surface area (Å²) in [6.07, 6.45) is 1.82. The van der Waals surface area contributed by atoms with Crippen LogP contribution < -0.4 is 0 Å². The van der Waals surface area contributed by atoms with Crippen LogP contribution >= 0.6 is 0 Å². The summed E-state index contributed by atoms with van der Waals surface area (Å²) in [6, 6.07) is 5.97. The standard InChI is InChI=1S/C10H16N2O/c1-12(7-8-13-2)9-10-5-3-4-6-11-10/h3-6H,7-9H2,1-2H3. The lowest BCUT2D eigenvalue weighted by Crippen LogP contribution is -2.22. The van der Waals surface area contributed by atoms with Crippen LogP contribution in [0.3, 0.4) is 0 Å². The average Bonchev–Trinajstić information content (AvgIpc) is 2.16. The molecule has 0 spiro atoms. The molecule has 72 valence electrons. The van der Waals surface area contributed by atoms with Crippen LogP contribution in [0.4, 0.5) is 0 Å². The summed E-state index contributed by atoms with van der Waals surface area (Å²) in [5, 5.41) is 0. The van der Waals surface area contributed by atoms with Gasteiger partial charge in [-0.1, -0.05) is 6.07 Å². The Morgan fingerprint density at radius 1 is 1.46 bits per heavy atom. The van der Waals surface area contributed by atoms with Gasteiger partial charge in [-0.25, -0.2) is 0 Å². The van der Waals surface area contributed by atoms with E-state index < -0.39 is 0 Å². The normalized spacial score (nSPS) is 10.7. The van der Waals surface area contributed by atoms with Gasteiger partial charge in [0.1, 0.15) is 0 Å². The molecule has 13 heavy (non-hydrogen) atoms. The summed E-state index contributed by atoms with van der Waals surface area (Å²) in [6.45, 7) is 2.58. The van der Waals surface area contributed by atoms with Crippen molar-refractivity contribution < 1.29 is 4.74 Å². The minimum absolute atomic E-state index is 0.767. The molecule has 0 atom stereocenters. The van der Waals surface area contributed by atoms with Gasteiger partial charge in [0.2, 0.25) is 0 Å². The van der Waals surface area contributed by atoms with E-state index in [1.165, 1.54) is 0 Å². The fourth-order valence-corrected chi connectivity index (χ4v) is 1.09. The third kappa shape index (κ3) is 4.01. The molecule has 0 saturated heterocycles. The quantitative estimate of drug-likeness (QED) is 0.680. The number of rotatable bonds is 5. The van der Waals surface area contributed by atoms with Crippen molar-refractivity contribution in [1.82, 2.24) is 9.88 Å². The maximum absolute atomic E-state index is 4.99. The van der Waals surface area contributed by atoms with Gasteiger partial charge in [-0.2, -0.15) is 0 Å². The highest BCUT2D eigenvalue weighted by molar-refractivity contribution is 5.02. The van der Waals surface area contributed by atoms with Crippen LogP contribution in [-0.4, -0.2) is 37.2 Å². The van der Waals surface area contributed by atoms with Crippen molar-refractivity contribution in [3.63, 3.8) is 0 Å². The summed E-state index contributed by atoms with van der Waals surface area (Å²) in [5.41, 5.74) is 1.10. The van der Waals surface area contributed by atoms with E-state index in [1.54, 1.807) is 7.11 Å². The number of ether oxygens (including phenoxy) is 1. The molecule has 1 aromatic rings. The molecule has 0 bridgehead atoms. The molecular weight excluding hydrogens is 164 g/mol. The van der Waals surface area contributed by atoms with Gasteiger partial charge in [-0.15, -0.1) is 0 Å². The monoisotopic (exact) mass is 180 g/mol. The predicted molar refractivity (Wildman–Crippen MR) is 52.4 cm³/mol. The maximum Gasteiger partial charge on any atom is 0.0589 e. The van der Waals surface area contributed by atoms with Crippen molar-refractivity contribution in [3.05, 3.63) is 30.1 Å². The van der Waals surface area contributed by atoms with E-state index in [-0.39, 0.29) is 0 Å². The van der Waals surface area contributed by atoms with Gasteiger partial charge in [0.05, 0.1) is 12.3 Å². The molecule has 1 rings (SSSR count). The fourth-order valence-electron chi connectivity index (χ4n) is 1.09. The number of methoxy groups -OCH3 is 1. The largest absolute Gasteiger partial charge is 0.383 e. The topological polar surface area (TPSA) is 25.4 Å². The first-order chi connectivity index (χ1) is 6.33. The minimum atomic E-state index is 0.767. The Labute approximate surface area is 79.3 Å². The highest BCUT2D eigenvalue weighted by Gasteiger charge is 1.99. The molecule has 3 heteroatoms. The predicted octanol–water partition coefficient (Wildman–Crippen LogP) is 1.16. The van der Waals surface area contributed by atoms with E-state index in [0.717, 1.165) is 25.4 Å². The van der Waals surface area contributed by atoms with E-state index in [2.05, 4.69) is 16.9 Å². The first kappa shape index (κ1) is 10.2. The Bertz CT molecular complexity index is 226. The van der Waals surface area contributed by atoms with E-state index >= 15 is 0 Å². The third-order valence-electron chi connectivity index (χ3n) is 1.84. The lowest BCUT2D eigenvalue weighted by atomic mass is 10.3. The number of hydrogen-bond donors (Lipinski definition) is 0. The third-order valence-corrected chi connectivity index (χ3v) is 1.84. The SMILES string of the molecule is COCCN(C)Cc1ccccn1. The van der Waals surface area contributed by atoms with Crippen LogP contribution in [0.15, 0.2) is 24.4 Å². The van der Waals surface area contributed by atoms with E-state index in [4.69, 9.17) is 4.74 Å². The molecule has 0 radical (unpaired) electrons. The summed E-state index contributed by atoms with van der Waals surface area (Å²) in [5.74, 6) is 0. The molecule has 1 heterocycles. The summed E-state index contributed by atoms with van der Waals surface area (Å²) >= 11 is 0. The van der Waals surface area contributed by atoms with Crippen LogP contribution in [0.2, 0.25) is 0 Å². The molecule has 0 aliphatic heterocycles. The van der Waals surface area contributed by atoms with Crippen LogP contribution in [0.1, 0.15) is 5.69 Å². The molecule has 0 aromatic carbocycles. The Balaban J connectivity index is 2.32. The molecule has 0 unspecified atom stereocenters. The highest BCUT2D eigenvalue weighted by Crippen LogP contribution is 1.97. The van der Waals surface area contributed by atoms with Crippen LogP contribution in [0.5, 0.6) is 0 Å². The van der Waals surface area contributed by atoms with Gasteiger partial charge < -0.3 is 4.74 Å². The van der Waals surface area contributed by atoms with Crippen LogP contribution in [0, 0.1) is 0 Å². The second kappa shape index (κ2) is 5.67. The number of pyridine rings is 1. The lowest BCUT2D eigenvalue weighted by molar-refractivity contribution is 0.158. The molecule has 0 saturated carbocycles. The summed E-state index contributed by atoms with van der Waals surface area (Å²) in [4.78, 5) is 6.43. The van der Waals surface area contributed by atoms with Gasteiger partial charge in [-0.3, -0.25) is 9.88 Å². The number of aromatic nitrogens is 1. The molecule has 0 amide bonds. The van der Waals surface area contributed by atoms with Crippen molar-refractivity contribution in [2.75, 3.05) is 27.3 Å². The van der Waals surface area contributed by atoms with E-state index in [0.29, 0.717) is 0 Å². The first-order valence-corrected chi connectivity index (χ1v) is 4.40. The summed E-state index contributed by atoms with van der Waals surface area (Å²) in [7, 11) is 3.78. The zero-order valence-electron chi connectivity index (χ0n) is 8.23. The second-order valence-electron chi connectivity index (χ2n) is 3.05. The number of likely N-dealkylation sites (N-methyl/N-ethyl adjacent to an activating group) is 1. The van der Waals surface area contributed by atoms with Crippen LogP contribution in [-0.2, 0) is 11.3 Å². The molecule has 1 aromatic heterocycles. The Hall–Kier alpha value is -0.930. The smallest absolute Gasteiger partial charge is 0.0589 e. The molecule has 0 fully saturated rings. The van der Waals surface area contributed by atoms with Crippen molar-refractivity contribution in [2.45, 2.75) is 6.54 Å². The van der Waals surface area contributed by atoms with Gasteiger partial charge in [0, 0.05) is 26.4 Å². The molecule has 3 nitrogen and oxygen atoms in total. The van der Waals surface area contributed by atoms with Gasteiger partial charge in [0.25, 0.3) is 0 Å². The molecular formula is C10H16N2O. The second-order valence-corrected chi connectivity index (χ2v) is 3.05. The minimum Gasteiger partial charge on any atom is -0.383 e. The van der Waals surface area contributed by atoms with Crippen molar-refractivity contribution in [2.24, 2.45) is 0 Å². The Morgan fingerprint density at radius 3 is 2.92 bits per heavy atom. The number of nitrogens with zero attached hydrogens (tertiary/aromatic N) is 2. The van der Waals surface area contributed by atoms with Crippen LogP contribution in [0.25, 0.3) is 0 Å². The van der Waals surface area contributed by atoms with Gasteiger partial charge in [-0.05, 0) is 19.2 Å². The lowest BCUT2D eigenvalue weighted by Gasteiger charge is -2.14. The average molecular weight is 180 g/mol. The molecule has 0 N–H and O–H groups in total. The van der Waals surface area contributed by atoms with Gasteiger partial charge >= 0.3 is 0 Å².